The fourth-order valence-electron chi connectivity index (χ4n) is 1.74. The minimum atomic E-state index is 0.281. The van der Waals surface area contributed by atoms with Crippen molar-refractivity contribution in [2.45, 2.75) is 0 Å². The molecule has 2 nitrogen and oxygen atoms in total. The maximum Gasteiger partial charge on any atom is 0.141 e. The van der Waals surface area contributed by atoms with Crippen LogP contribution in [0.1, 0.15) is 0 Å². The van der Waals surface area contributed by atoms with Crippen LogP contribution in [0.5, 0.6) is 5.75 Å². The second-order valence-corrected chi connectivity index (χ2v) is 3.31. The third-order valence-electron chi connectivity index (χ3n) is 2.42. The molecule has 14 heavy (non-hydrogen) atoms. The van der Waals surface area contributed by atoms with E-state index in [2.05, 4.69) is 0 Å². The zero-order valence-electron chi connectivity index (χ0n) is 7.40. The Kier molecular flexibility index (Phi) is 1.34. The Bertz CT molecular complexity index is 608. The molecule has 0 saturated carbocycles. The third-order valence-corrected chi connectivity index (χ3v) is 2.42. The van der Waals surface area contributed by atoms with Crippen molar-refractivity contribution in [1.82, 2.24) is 0 Å². The van der Waals surface area contributed by atoms with Gasteiger partial charge in [-0.2, -0.15) is 0 Å². The number of hydrogen-bond donors (Lipinski definition) is 1. The molecule has 0 saturated heterocycles. The first-order valence-electron chi connectivity index (χ1n) is 4.43. The van der Waals surface area contributed by atoms with Crippen LogP contribution in [0.2, 0.25) is 0 Å². The van der Waals surface area contributed by atoms with Crippen LogP contribution in [0, 0.1) is 0 Å². The van der Waals surface area contributed by atoms with Gasteiger partial charge in [-0.1, -0.05) is 12.1 Å². The average Bonchev–Trinajstić information content (AvgIpc) is 2.65. The van der Waals surface area contributed by atoms with E-state index >= 15 is 0 Å². The van der Waals surface area contributed by atoms with Crippen LogP contribution in [0.25, 0.3) is 21.7 Å². The lowest BCUT2D eigenvalue weighted by Crippen LogP contribution is -1.73. The van der Waals surface area contributed by atoms with Gasteiger partial charge in [0.2, 0.25) is 0 Å². The van der Waals surface area contributed by atoms with Gasteiger partial charge in [0.15, 0.2) is 0 Å². The lowest BCUT2D eigenvalue weighted by atomic mass is 10.1. The monoisotopic (exact) mass is 184 g/mol. The zero-order valence-corrected chi connectivity index (χ0v) is 7.40. The molecule has 1 N–H and O–H groups in total. The number of hydrogen-bond acceptors (Lipinski definition) is 2. The van der Waals surface area contributed by atoms with Crippen LogP contribution in [0.4, 0.5) is 0 Å². The highest BCUT2D eigenvalue weighted by atomic mass is 16.3. The first kappa shape index (κ1) is 7.44. The van der Waals surface area contributed by atoms with Gasteiger partial charge in [0.05, 0.1) is 6.26 Å². The van der Waals surface area contributed by atoms with E-state index in [0.29, 0.717) is 0 Å². The molecule has 0 bridgehead atoms. The number of benzene rings is 2. The number of fused-ring (bicyclic) bond motifs is 3. The second-order valence-electron chi connectivity index (χ2n) is 3.31. The lowest BCUT2D eigenvalue weighted by molar-refractivity contribution is 0.476. The highest BCUT2D eigenvalue weighted by molar-refractivity contribution is 6.04. The molecule has 2 aromatic carbocycles. The molecule has 0 radical (unpaired) electrons. The van der Waals surface area contributed by atoms with Gasteiger partial charge in [-0.05, 0) is 29.7 Å². The Labute approximate surface area is 80.4 Å². The highest BCUT2D eigenvalue weighted by Gasteiger charge is 2.02. The molecule has 2 heteroatoms. The van der Waals surface area contributed by atoms with E-state index in [4.69, 9.17) is 4.42 Å². The summed E-state index contributed by atoms with van der Waals surface area (Å²) < 4.78 is 5.39. The summed E-state index contributed by atoms with van der Waals surface area (Å²) in [5, 5.41) is 12.4. The van der Waals surface area contributed by atoms with Gasteiger partial charge in [-0.3, -0.25) is 0 Å². The Balaban J connectivity index is 2.57. The molecule has 0 fully saturated rings. The minimum Gasteiger partial charge on any atom is -0.508 e. The van der Waals surface area contributed by atoms with Gasteiger partial charge in [0.1, 0.15) is 11.3 Å². The van der Waals surface area contributed by atoms with Crippen LogP contribution in [-0.4, -0.2) is 5.11 Å². The molecule has 0 atom stereocenters. The van der Waals surface area contributed by atoms with Crippen molar-refractivity contribution in [2.24, 2.45) is 0 Å². The molecule has 3 aromatic rings. The standard InChI is InChI=1S/C12H8O2/c13-10-3-4-11-9(7-10)2-1-8-5-6-14-12(8)11/h1-7,13H. The van der Waals surface area contributed by atoms with Crippen LogP contribution < -0.4 is 0 Å². The van der Waals surface area contributed by atoms with Crippen molar-refractivity contribution in [2.75, 3.05) is 0 Å². The van der Waals surface area contributed by atoms with Crippen molar-refractivity contribution in [3.05, 3.63) is 42.7 Å². The summed E-state index contributed by atoms with van der Waals surface area (Å²) in [5.41, 5.74) is 0.877. The van der Waals surface area contributed by atoms with Crippen molar-refractivity contribution in [1.29, 1.82) is 0 Å². The predicted octanol–water partition coefficient (Wildman–Crippen LogP) is 3.29. The minimum absolute atomic E-state index is 0.281. The van der Waals surface area contributed by atoms with Crippen molar-refractivity contribution in [3.8, 4) is 5.75 Å². The maximum absolute atomic E-state index is 9.32. The Morgan fingerprint density at radius 2 is 1.79 bits per heavy atom. The van der Waals surface area contributed by atoms with Gasteiger partial charge in [-0.15, -0.1) is 0 Å². The van der Waals surface area contributed by atoms with E-state index in [1.54, 1.807) is 18.4 Å². The number of phenols is 1. The molecule has 0 amide bonds. The van der Waals surface area contributed by atoms with E-state index in [9.17, 15) is 5.11 Å². The third kappa shape index (κ3) is 0.909. The number of aromatic hydroxyl groups is 1. The van der Waals surface area contributed by atoms with Crippen molar-refractivity contribution in [3.63, 3.8) is 0 Å². The van der Waals surface area contributed by atoms with Crippen LogP contribution >= 0.6 is 0 Å². The Hall–Kier alpha value is -1.96. The summed E-state index contributed by atoms with van der Waals surface area (Å²) in [7, 11) is 0. The average molecular weight is 184 g/mol. The summed E-state index contributed by atoms with van der Waals surface area (Å²) in [5.74, 6) is 0.281. The molecular formula is C12H8O2. The van der Waals surface area contributed by atoms with E-state index in [1.165, 1.54) is 0 Å². The van der Waals surface area contributed by atoms with Crippen LogP contribution in [-0.2, 0) is 0 Å². The van der Waals surface area contributed by atoms with Gasteiger partial charge < -0.3 is 9.52 Å². The van der Waals surface area contributed by atoms with Crippen molar-refractivity contribution >= 4 is 21.7 Å². The second kappa shape index (κ2) is 2.51. The van der Waals surface area contributed by atoms with Gasteiger partial charge in [0.25, 0.3) is 0 Å². The van der Waals surface area contributed by atoms with Crippen LogP contribution in [0.15, 0.2) is 47.1 Å². The number of furan rings is 1. The van der Waals surface area contributed by atoms with Crippen molar-refractivity contribution < 1.29 is 9.52 Å². The smallest absolute Gasteiger partial charge is 0.141 e. The number of rotatable bonds is 0. The maximum atomic E-state index is 9.32. The summed E-state index contributed by atoms with van der Waals surface area (Å²) in [6.07, 6.45) is 1.68. The fourth-order valence-corrected chi connectivity index (χ4v) is 1.74. The van der Waals surface area contributed by atoms with Gasteiger partial charge >= 0.3 is 0 Å². The lowest BCUT2D eigenvalue weighted by Gasteiger charge is -1.98. The van der Waals surface area contributed by atoms with Gasteiger partial charge in [-0.25, -0.2) is 0 Å². The highest BCUT2D eigenvalue weighted by Crippen LogP contribution is 2.28. The molecule has 0 unspecified atom stereocenters. The SMILES string of the molecule is Oc1ccc2c(ccc3ccoc32)c1. The van der Waals surface area contributed by atoms with E-state index < -0.39 is 0 Å². The van der Waals surface area contributed by atoms with E-state index in [0.717, 1.165) is 21.7 Å². The molecule has 3 rings (SSSR count). The van der Waals surface area contributed by atoms with Crippen LogP contribution in [0.3, 0.4) is 0 Å². The molecule has 68 valence electrons. The molecule has 1 aromatic heterocycles. The summed E-state index contributed by atoms with van der Waals surface area (Å²) in [4.78, 5) is 0. The van der Waals surface area contributed by atoms with E-state index in [-0.39, 0.29) is 5.75 Å². The summed E-state index contributed by atoms with van der Waals surface area (Å²) in [6, 6.07) is 11.2. The summed E-state index contributed by atoms with van der Waals surface area (Å²) >= 11 is 0. The normalized spacial score (nSPS) is 11.1. The zero-order chi connectivity index (χ0) is 9.54. The Morgan fingerprint density at radius 1 is 0.929 bits per heavy atom. The molecular weight excluding hydrogens is 176 g/mol. The summed E-state index contributed by atoms with van der Waals surface area (Å²) in [6.45, 7) is 0. The quantitative estimate of drug-likeness (QED) is 0.581. The number of phenolic OH excluding ortho intramolecular Hbond substituents is 1. The molecule has 0 aliphatic rings. The van der Waals surface area contributed by atoms with Gasteiger partial charge in [0, 0.05) is 10.8 Å². The first-order valence-corrected chi connectivity index (χ1v) is 4.43. The Morgan fingerprint density at radius 3 is 2.71 bits per heavy atom. The van der Waals surface area contributed by atoms with E-state index in [1.807, 2.05) is 24.3 Å². The topological polar surface area (TPSA) is 33.4 Å². The molecule has 0 spiro atoms. The predicted molar refractivity (Wildman–Crippen MR) is 55.4 cm³/mol. The molecule has 0 aliphatic carbocycles. The first-order chi connectivity index (χ1) is 6.84. The largest absolute Gasteiger partial charge is 0.508 e. The molecule has 0 aliphatic heterocycles. The fraction of sp³-hybridized carbons (Fsp3) is 0. The molecule has 1 heterocycles.